The number of nitrogens with zero attached hydrogens (tertiary/aromatic N) is 2. The van der Waals surface area contributed by atoms with Crippen molar-refractivity contribution in [3.8, 4) is 0 Å². The Hall–Kier alpha value is -2.77. The van der Waals surface area contributed by atoms with Crippen molar-refractivity contribution in [2.24, 2.45) is 0 Å². The van der Waals surface area contributed by atoms with Gasteiger partial charge in [-0.2, -0.15) is 0 Å². The number of carbonyl (C=O) groups excluding carboxylic acids is 3. The molecule has 23 heavy (non-hydrogen) atoms. The molecule has 1 aromatic rings. The van der Waals surface area contributed by atoms with Crippen molar-refractivity contribution >= 4 is 17.8 Å². The van der Waals surface area contributed by atoms with Crippen LogP contribution in [0.5, 0.6) is 0 Å². The molecule has 0 saturated heterocycles. The number of amides is 2. The van der Waals surface area contributed by atoms with Crippen LogP contribution in [0.4, 0.5) is 0 Å². The molecule has 8 heteroatoms. The maximum atomic E-state index is 12.5. The maximum absolute atomic E-state index is 12.5. The van der Waals surface area contributed by atoms with E-state index in [1.54, 1.807) is 12.1 Å². The fourth-order valence-corrected chi connectivity index (χ4v) is 2.45. The maximum Gasteiger partial charge on any atom is 0.329 e. The number of nitro groups is 1. The van der Waals surface area contributed by atoms with E-state index in [0.29, 0.717) is 0 Å². The van der Waals surface area contributed by atoms with E-state index in [9.17, 15) is 24.5 Å². The quantitative estimate of drug-likeness (QED) is 0.350. The SMILES string of the molecule is COC(=O)C(CC(C)(C)[N+](=O)[O-])N1C(=O)c2ccccc2C1=O. The highest BCUT2D eigenvalue weighted by Crippen LogP contribution is 2.29. The third-order valence-corrected chi connectivity index (χ3v) is 3.80. The first-order chi connectivity index (χ1) is 10.7. The van der Waals surface area contributed by atoms with Crippen LogP contribution in [0.25, 0.3) is 0 Å². The first-order valence-electron chi connectivity index (χ1n) is 6.90. The molecule has 0 N–H and O–H groups in total. The fraction of sp³-hybridized carbons (Fsp3) is 0.400. The molecule has 0 spiro atoms. The summed E-state index contributed by atoms with van der Waals surface area (Å²) in [6.45, 7) is 2.64. The Kier molecular flexibility index (Phi) is 4.18. The monoisotopic (exact) mass is 320 g/mol. The van der Waals surface area contributed by atoms with E-state index < -0.39 is 34.3 Å². The molecule has 0 aliphatic carbocycles. The zero-order valence-electron chi connectivity index (χ0n) is 12.9. The number of benzene rings is 1. The van der Waals surface area contributed by atoms with Crippen molar-refractivity contribution in [3.05, 3.63) is 45.5 Å². The summed E-state index contributed by atoms with van der Waals surface area (Å²) >= 11 is 0. The van der Waals surface area contributed by atoms with Gasteiger partial charge in [-0.15, -0.1) is 0 Å². The molecule has 0 aromatic heterocycles. The van der Waals surface area contributed by atoms with Crippen molar-refractivity contribution < 1.29 is 24.0 Å². The lowest BCUT2D eigenvalue weighted by molar-refractivity contribution is -0.562. The zero-order chi connectivity index (χ0) is 17.4. The van der Waals surface area contributed by atoms with Crippen LogP contribution in [0.1, 0.15) is 41.0 Å². The van der Waals surface area contributed by atoms with Gasteiger partial charge in [0.05, 0.1) is 18.2 Å². The minimum atomic E-state index is -1.51. The van der Waals surface area contributed by atoms with Gasteiger partial charge >= 0.3 is 5.97 Å². The standard InChI is InChI=1S/C15H16N2O6/c1-15(2,17(21)22)8-11(14(20)23-3)16-12(18)9-6-4-5-7-10(9)13(16)19/h4-7,11H,8H2,1-3H3. The smallest absolute Gasteiger partial charge is 0.329 e. The van der Waals surface area contributed by atoms with Crippen molar-refractivity contribution in [3.63, 3.8) is 0 Å². The van der Waals surface area contributed by atoms with Gasteiger partial charge in [0.1, 0.15) is 6.04 Å². The highest BCUT2D eigenvalue weighted by molar-refractivity contribution is 6.22. The largest absolute Gasteiger partial charge is 0.467 e. The van der Waals surface area contributed by atoms with Crippen molar-refractivity contribution in [2.75, 3.05) is 7.11 Å². The summed E-state index contributed by atoms with van der Waals surface area (Å²) in [4.78, 5) is 48.3. The summed E-state index contributed by atoms with van der Waals surface area (Å²) in [5.41, 5.74) is -1.16. The molecule has 122 valence electrons. The molecule has 1 atom stereocenters. The fourth-order valence-electron chi connectivity index (χ4n) is 2.45. The molecule has 1 aliphatic heterocycles. The summed E-state index contributed by atoms with van der Waals surface area (Å²) in [7, 11) is 1.10. The second kappa shape index (κ2) is 5.79. The van der Waals surface area contributed by atoms with Gasteiger partial charge in [-0.3, -0.25) is 24.6 Å². The zero-order valence-corrected chi connectivity index (χ0v) is 12.9. The van der Waals surface area contributed by atoms with Gasteiger partial charge in [0.25, 0.3) is 11.8 Å². The Morgan fingerprint density at radius 3 is 2.13 bits per heavy atom. The Labute approximate surface area is 132 Å². The summed E-state index contributed by atoms with van der Waals surface area (Å²) in [5, 5.41) is 11.1. The van der Waals surface area contributed by atoms with E-state index >= 15 is 0 Å². The highest BCUT2D eigenvalue weighted by Gasteiger charge is 2.48. The second-order valence-electron chi connectivity index (χ2n) is 5.84. The van der Waals surface area contributed by atoms with Crippen LogP contribution >= 0.6 is 0 Å². The number of esters is 1. The minimum absolute atomic E-state index is 0.172. The number of hydrogen-bond acceptors (Lipinski definition) is 6. The third kappa shape index (κ3) is 2.79. The summed E-state index contributed by atoms with van der Waals surface area (Å²) in [5.74, 6) is -2.17. The molecule has 0 fully saturated rings. The highest BCUT2D eigenvalue weighted by atomic mass is 16.6. The lowest BCUT2D eigenvalue weighted by Gasteiger charge is -2.27. The van der Waals surface area contributed by atoms with Crippen LogP contribution in [0.3, 0.4) is 0 Å². The second-order valence-corrected chi connectivity index (χ2v) is 5.84. The lowest BCUT2D eigenvalue weighted by Crippen LogP contribution is -2.50. The van der Waals surface area contributed by atoms with Gasteiger partial charge in [0, 0.05) is 25.2 Å². The molecule has 0 radical (unpaired) electrons. The van der Waals surface area contributed by atoms with Crippen LogP contribution < -0.4 is 0 Å². The van der Waals surface area contributed by atoms with Crippen molar-refractivity contribution in [1.29, 1.82) is 0 Å². The number of fused-ring (bicyclic) bond motifs is 1. The van der Waals surface area contributed by atoms with E-state index in [1.807, 2.05) is 0 Å². The first kappa shape index (κ1) is 16.6. The van der Waals surface area contributed by atoms with Gasteiger partial charge in [-0.1, -0.05) is 12.1 Å². The van der Waals surface area contributed by atoms with Crippen molar-refractivity contribution in [1.82, 2.24) is 4.90 Å². The molecule has 1 heterocycles. The lowest BCUT2D eigenvalue weighted by atomic mass is 9.95. The third-order valence-electron chi connectivity index (χ3n) is 3.80. The van der Waals surface area contributed by atoms with Crippen LogP contribution in [0.2, 0.25) is 0 Å². The molecule has 1 aromatic carbocycles. The van der Waals surface area contributed by atoms with E-state index in [-0.39, 0.29) is 17.5 Å². The predicted octanol–water partition coefficient (Wildman–Crippen LogP) is 1.27. The van der Waals surface area contributed by atoms with Gasteiger partial charge in [0.2, 0.25) is 5.54 Å². The normalized spacial score (nSPS) is 15.3. The van der Waals surface area contributed by atoms with E-state index in [4.69, 9.17) is 0 Å². The van der Waals surface area contributed by atoms with Gasteiger partial charge < -0.3 is 4.74 Å². The number of methoxy groups -OCH3 is 1. The molecule has 1 aliphatic rings. The molecular weight excluding hydrogens is 304 g/mol. The van der Waals surface area contributed by atoms with Gasteiger partial charge in [0.15, 0.2) is 0 Å². The van der Waals surface area contributed by atoms with Crippen LogP contribution in [-0.4, -0.2) is 46.3 Å². The summed E-state index contributed by atoms with van der Waals surface area (Å²) in [6, 6.07) is 4.79. The Morgan fingerprint density at radius 1 is 1.26 bits per heavy atom. The number of imide groups is 1. The molecule has 8 nitrogen and oxygen atoms in total. The Bertz CT molecular complexity index is 662. The van der Waals surface area contributed by atoms with Crippen molar-refractivity contribution in [2.45, 2.75) is 31.8 Å². The number of hydrogen-bond donors (Lipinski definition) is 0. The number of ether oxygens (including phenoxy) is 1. The number of carbonyl (C=O) groups is 3. The van der Waals surface area contributed by atoms with E-state index in [2.05, 4.69) is 4.74 Å². The minimum Gasteiger partial charge on any atom is -0.467 e. The average Bonchev–Trinajstić information content (AvgIpc) is 2.76. The predicted molar refractivity (Wildman–Crippen MR) is 78.4 cm³/mol. The summed E-state index contributed by atoms with van der Waals surface area (Å²) in [6.07, 6.45) is -0.335. The molecule has 1 unspecified atom stereocenters. The topological polar surface area (TPSA) is 107 Å². The van der Waals surface area contributed by atoms with Gasteiger partial charge in [-0.05, 0) is 12.1 Å². The van der Waals surface area contributed by atoms with Crippen LogP contribution in [-0.2, 0) is 9.53 Å². The number of rotatable bonds is 5. The molecule has 0 bridgehead atoms. The first-order valence-corrected chi connectivity index (χ1v) is 6.90. The molecule has 0 saturated carbocycles. The average molecular weight is 320 g/mol. The van der Waals surface area contributed by atoms with E-state index in [0.717, 1.165) is 12.0 Å². The molecule has 2 amide bonds. The van der Waals surface area contributed by atoms with E-state index in [1.165, 1.54) is 26.0 Å². The Morgan fingerprint density at radius 2 is 1.74 bits per heavy atom. The van der Waals surface area contributed by atoms with Gasteiger partial charge in [-0.25, -0.2) is 4.79 Å². The van der Waals surface area contributed by atoms with Crippen LogP contribution in [0.15, 0.2) is 24.3 Å². The Balaban J connectivity index is 2.42. The summed E-state index contributed by atoms with van der Waals surface area (Å²) < 4.78 is 4.64. The molecular formula is C15H16N2O6. The molecule has 2 rings (SSSR count). The van der Waals surface area contributed by atoms with Crippen LogP contribution in [0, 0.1) is 10.1 Å².